The zero-order chi connectivity index (χ0) is 14.4. The maximum Gasteiger partial charge on any atom is 0.0849 e. The summed E-state index contributed by atoms with van der Waals surface area (Å²) in [6, 6.07) is 15.3. The lowest BCUT2D eigenvalue weighted by Gasteiger charge is -2.05. The van der Waals surface area contributed by atoms with Crippen molar-refractivity contribution >= 4 is 10.8 Å². The number of hydrogen-bond donors (Lipinski definition) is 0. The van der Waals surface area contributed by atoms with Crippen LogP contribution in [-0.2, 0) is 33.5 Å². The van der Waals surface area contributed by atoms with Crippen molar-refractivity contribution in [2.24, 2.45) is 0 Å². The summed E-state index contributed by atoms with van der Waals surface area (Å²) in [4.78, 5) is 1.59. The zero-order valence-corrected chi connectivity index (χ0v) is 12.5. The fraction of sp³-hybridized carbons (Fsp3) is 0.250. The Morgan fingerprint density at radius 3 is 1.40 bits per heavy atom. The predicted molar refractivity (Wildman–Crippen MR) is 79.0 cm³/mol. The highest BCUT2D eigenvalue weighted by atomic mass is 32.2. The van der Waals surface area contributed by atoms with Crippen LogP contribution < -0.4 is 0 Å². The van der Waals surface area contributed by atoms with Crippen LogP contribution in [0.1, 0.15) is 11.1 Å². The Morgan fingerprint density at radius 1 is 0.750 bits per heavy atom. The minimum atomic E-state index is -1.15. The molecule has 20 heavy (non-hydrogen) atoms. The Morgan fingerprint density at radius 2 is 1.10 bits per heavy atom. The third-order valence-corrected chi connectivity index (χ3v) is 4.30. The highest BCUT2D eigenvalue weighted by Crippen LogP contribution is 2.18. The molecule has 0 saturated heterocycles. The largest absolute Gasteiger partial charge is 0.380 e. The molecule has 0 bridgehead atoms. The Hall–Kier alpha value is -1.49. The lowest BCUT2D eigenvalue weighted by atomic mass is 10.2. The molecule has 3 nitrogen and oxygen atoms in total. The second-order valence-electron chi connectivity index (χ2n) is 4.42. The Kier molecular flexibility index (Phi) is 5.47. The highest BCUT2D eigenvalue weighted by Gasteiger charge is 2.07. The summed E-state index contributed by atoms with van der Waals surface area (Å²) >= 11 is 0. The fourth-order valence-corrected chi connectivity index (χ4v) is 2.93. The standard InChI is InChI=1S/C16H18O3S/c1-18-11-13-3-7-15(8-4-13)20(17)16-9-5-14(6-10-16)12-19-2/h3-10H,11-12H2,1-2H3. The summed E-state index contributed by atoms with van der Waals surface area (Å²) in [6.07, 6.45) is 0. The van der Waals surface area contributed by atoms with E-state index in [0.29, 0.717) is 13.2 Å². The average molecular weight is 290 g/mol. The smallest absolute Gasteiger partial charge is 0.0849 e. The summed E-state index contributed by atoms with van der Waals surface area (Å²) in [7, 11) is 2.17. The molecule has 106 valence electrons. The predicted octanol–water partition coefficient (Wildman–Crippen LogP) is 3.15. The summed E-state index contributed by atoms with van der Waals surface area (Å²) in [5, 5.41) is 0. The van der Waals surface area contributed by atoms with Crippen molar-refractivity contribution in [2.75, 3.05) is 14.2 Å². The summed E-state index contributed by atoms with van der Waals surface area (Å²) in [6.45, 7) is 1.14. The first-order chi connectivity index (χ1) is 9.74. The molecule has 0 amide bonds. The van der Waals surface area contributed by atoms with Gasteiger partial charge in [-0.15, -0.1) is 0 Å². The van der Waals surface area contributed by atoms with E-state index < -0.39 is 10.8 Å². The molecule has 2 aromatic carbocycles. The molecule has 2 aromatic rings. The van der Waals surface area contributed by atoms with Crippen LogP contribution >= 0.6 is 0 Å². The molecule has 0 saturated carbocycles. The van der Waals surface area contributed by atoms with Gasteiger partial charge in [0.05, 0.1) is 24.0 Å². The third-order valence-electron chi connectivity index (χ3n) is 2.90. The van der Waals surface area contributed by atoms with Crippen molar-refractivity contribution in [3.8, 4) is 0 Å². The van der Waals surface area contributed by atoms with Crippen molar-refractivity contribution in [3.05, 3.63) is 59.7 Å². The molecule has 0 N–H and O–H groups in total. The van der Waals surface area contributed by atoms with Gasteiger partial charge in [0.25, 0.3) is 0 Å². The summed E-state index contributed by atoms with van der Waals surface area (Å²) in [5.74, 6) is 0. The highest BCUT2D eigenvalue weighted by molar-refractivity contribution is 7.85. The number of benzene rings is 2. The summed E-state index contributed by atoms with van der Waals surface area (Å²) in [5.41, 5.74) is 2.15. The summed E-state index contributed by atoms with van der Waals surface area (Å²) < 4.78 is 22.6. The Labute approximate surface area is 122 Å². The Bertz CT molecular complexity index is 510. The Balaban J connectivity index is 2.13. The van der Waals surface area contributed by atoms with E-state index in [0.717, 1.165) is 20.9 Å². The van der Waals surface area contributed by atoms with Gasteiger partial charge in [0.1, 0.15) is 0 Å². The number of rotatable bonds is 6. The van der Waals surface area contributed by atoms with Crippen molar-refractivity contribution in [2.45, 2.75) is 23.0 Å². The van der Waals surface area contributed by atoms with Gasteiger partial charge >= 0.3 is 0 Å². The van der Waals surface area contributed by atoms with Crippen LogP contribution in [0, 0.1) is 0 Å². The van der Waals surface area contributed by atoms with Crippen LogP contribution in [0.5, 0.6) is 0 Å². The number of hydrogen-bond acceptors (Lipinski definition) is 3. The van der Waals surface area contributed by atoms with Crippen LogP contribution in [0.4, 0.5) is 0 Å². The van der Waals surface area contributed by atoms with Gasteiger partial charge in [-0.1, -0.05) is 24.3 Å². The van der Waals surface area contributed by atoms with Gasteiger partial charge in [-0.2, -0.15) is 0 Å². The second kappa shape index (κ2) is 7.33. The van der Waals surface area contributed by atoms with Crippen LogP contribution in [0.2, 0.25) is 0 Å². The van der Waals surface area contributed by atoms with Gasteiger partial charge in [0.15, 0.2) is 0 Å². The molecule has 0 aromatic heterocycles. The molecular weight excluding hydrogens is 272 g/mol. The van der Waals surface area contributed by atoms with E-state index in [4.69, 9.17) is 9.47 Å². The molecule has 0 aliphatic rings. The minimum absolute atomic E-state index is 0.568. The fourth-order valence-electron chi connectivity index (χ4n) is 1.89. The number of ether oxygens (including phenoxy) is 2. The first kappa shape index (κ1) is 14.9. The lowest BCUT2D eigenvalue weighted by Crippen LogP contribution is -1.95. The molecule has 0 spiro atoms. The molecule has 2 rings (SSSR count). The lowest BCUT2D eigenvalue weighted by molar-refractivity contribution is 0.185. The van der Waals surface area contributed by atoms with Gasteiger partial charge in [-0.25, -0.2) is 4.21 Å². The molecule has 0 radical (unpaired) electrons. The first-order valence-electron chi connectivity index (χ1n) is 6.32. The van der Waals surface area contributed by atoms with Gasteiger partial charge in [-0.3, -0.25) is 0 Å². The van der Waals surface area contributed by atoms with Crippen molar-refractivity contribution in [1.29, 1.82) is 0 Å². The van der Waals surface area contributed by atoms with E-state index >= 15 is 0 Å². The van der Waals surface area contributed by atoms with Crippen molar-refractivity contribution in [3.63, 3.8) is 0 Å². The van der Waals surface area contributed by atoms with Gasteiger partial charge in [-0.05, 0) is 35.4 Å². The van der Waals surface area contributed by atoms with E-state index in [1.165, 1.54) is 0 Å². The molecule has 0 unspecified atom stereocenters. The van der Waals surface area contributed by atoms with Crippen molar-refractivity contribution < 1.29 is 13.7 Å². The van der Waals surface area contributed by atoms with Gasteiger partial charge in [0.2, 0.25) is 0 Å². The van der Waals surface area contributed by atoms with Crippen LogP contribution in [0.25, 0.3) is 0 Å². The van der Waals surface area contributed by atoms with E-state index in [2.05, 4.69) is 0 Å². The zero-order valence-electron chi connectivity index (χ0n) is 11.7. The molecule has 0 aliphatic heterocycles. The van der Waals surface area contributed by atoms with Crippen LogP contribution in [0.15, 0.2) is 58.3 Å². The van der Waals surface area contributed by atoms with E-state index in [9.17, 15) is 4.21 Å². The molecule has 0 heterocycles. The maximum atomic E-state index is 12.4. The van der Waals surface area contributed by atoms with E-state index in [-0.39, 0.29) is 0 Å². The molecule has 0 fully saturated rings. The minimum Gasteiger partial charge on any atom is -0.380 e. The molecule has 4 heteroatoms. The SMILES string of the molecule is COCc1ccc(S(=O)c2ccc(COC)cc2)cc1. The van der Waals surface area contributed by atoms with Crippen molar-refractivity contribution in [1.82, 2.24) is 0 Å². The van der Waals surface area contributed by atoms with Gasteiger partial charge < -0.3 is 9.47 Å². The first-order valence-corrected chi connectivity index (χ1v) is 7.47. The van der Waals surface area contributed by atoms with E-state index in [1.807, 2.05) is 48.5 Å². The molecule has 0 aliphatic carbocycles. The quantitative estimate of drug-likeness (QED) is 0.820. The number of methoxy groups -OCH3 is 2. The molecule has 0 atom stereocenters. The van der Waals surface area contributed by atoms with Crippen LogP contribution in [-0.4, -0.2) is 18.4 Å². The van der Waals surface area contributed by atoms with Crippen LogP contribution in [0.3, 0.4) is 0 Å². The van der Waals surface area contributed by atoms with Gasteiger partial charge in [0, 0.05) is 24.0 Å². The molecular formula is C16H18O3S. The monoisotopic (exact) mass is 290 g/mol. The normalized spacial score (nSPS) is 10.9. The average Bonchev–Trinajstić information content (AvgIpc) is 2.49. The second-order valence-corrected chi connectivity index (χ2v) is 5.90. The third kappa shape index (κ3) is 3.76. The maximum absolute atomic E-state index is 12.4. The topological polar surface area (TPSA) is 35.5 Å². The van der Waals surface area contributed by atoms with E-state index in [1.54, 1.807) is 14.2 Å².